The van der Waals surface area contributed by atoms with Crippen molar-refractivity contribution in [3.05, 3.63) is 41.5 Å². The summed E-state index contributed by atoms with van der Waals surface area (Å²) in [5.74, 6) is 1.04. The van der Waals surface area contributed by atoms with Crippen LogP contribution in [0.5, 0.6) is 0 Å². The van der Waals surface area contributed by atoms with Crippen molar-refractivity contribution >= 4 is 5.69 Å². The van der Waals surface area contributed by atoms with Crippen LogP contribution in [-0.2, 0) is 19.6 Å². The molecule has 0 aliphatic carbocycles. The second kappa shape index (κ2) is 4.42. The van der Waals surface area contributed by atoms with E-state index in [2.05, 4.69) is 32.7 Å². The van der Waals surface area contributed by atoms with Crippen LogP contribution in [0, 0.1) is 6.92 Å². The fourth-order valence-electron chi connectivity index (χ4n) is 2.37. The Kier molecular flexibility index (Phi) is 2.76. The number of nitrogen functional groups attached to an aromatic ring is 1. The molecule has 5 nitrogen and oxygen atoms in total. The van der Waals surface area contributed by atoms with Crippen LogP contribution in [0.25, 0.3) is 0 Å². The molecule has 0 amide bonds. The summed E-state index contributed by atoms with van der Waals surface area (Å²) in [7, 11) is 0. The Morgan fingerprint density at radius 3 is 3.11 bits per heavy atom. The van der Waals surface area contributed by atoms with Gasteiger partial charge in [-0.05, 0) is 24.1 Å². The molecule has 0 saturated carbocycles. The predicted molar refractivity (Wildman–Crippen MR) is 69.7 cm³/mol. The van der Waals surface area contributed by atoms with Gasteiger partial charge in [0.05, 0.1) is 6.54 Å². The minimum absolute atomic E-state index is 0.855. The molecule has 0 unspecified atom stereocenters. The van der Waals surface area contributed by atoms with Gasteiger partial charge in [-0.1, -0.05) is 12.1 Å². The number of hydrogen-bond donors (Lipinski definition) is 1. The second-order valence-corrected chi connectivity index (χ2v) is 4.78. The summed E-state index contributed by atoms with van der Waals surface area (Å²) in [5.41, 5.74) is 9.29. The number of nitrogens with two attached hydrogens (primary N) is 1. The third-order valence-electron chi connectivity index (χ3n) is 3.60. The second-order valence-electron chi connectivity index (χ2n) is 4.78. The van der Waals surface area contributed by atoms with Crippen molar-refractivity contribution in [2.45, 2.75) is 26.6 Å². The van der Waals surface area contributed by atoms with E-state index in [9.17, 15) is 0 Å². The van der Waals surface area contributed by atoms with Crippen LogP contribution in [0.2, 0.25) is 0 Å². The molecule has 18 heavy (non-hydrogen) atoms. The molecule has 1 aliphatic rings. The summed E-state index contributed by atoms with van der Waals surface area (Å²) >= 11 is 0. The van der Waals surface area contributed by atoms with E-state index in [4.69, 9.17) is 5.73 Å². The summed E-state index contributed by atoms with van der Waals surface area (Å²) in [6, 6.07) is 6.11. The lowest BCUT2D eigenvalue weighted by Gasteiger charge is -2.27. The van der Waals surface area contributed by atoms with Crippen molar-refractivity contribution in [3.63, 3.8) is 0 Å². The number of fused-ring (bicyclic) bond motifs is 1. The Hall–Kier alpha value is -1.88. The molecule has 2 aromatic rings. The monoisotopic (exact) mass is 243 g/mol. The molecule has 0 bridgehead atoms. The zero-order valence-corrected chi connectivity index (χ0v) is 10.5. The highest BCUT2D eigenvalue weighted by Crippen LogP contribution is 2.19. The van der Waals surface area contributed by atoms with Gasteiger partial charge in [0, 0.05) is 25.3 Å². The number of benzene rings is 1. The quantitative estimate of drug-likeness (QED) is 0.805. The van der Waals surface area contributed by atoms with Crippen LogP contribution < -0.4 is 5.73 Å². The zero-order valence-electron chi connectivity index (χ0n) is 10.5. The van der Waals surface area contributed by atoms with Gasteiger partial charge in [-0.2, -0.15) is 0 Å². The first kappa shape index (κ1) is 11.2. The molecule has 0 spiro atoms. The molecule has 0 atom stereocenters. The van der Waals surface area contributed by atoms with Crippen LogP contribution in [0.1, 0.15) is 17.0 Å². The average Bonchev–Trinajstić information content (AvgIpc) is 2.82. The lowest BCUT2D eigenvalue weighted by Crippen LogP contribution is -2.33. The smallest absolute Gasteiger partial charge is 0.147 e. The van der Waals surface area contributed by atoms with Crippen LogP contribution in [-0.4, -0.2) is 26.2 Å². The number of aromatic nitrogens is 3. The third-order valence-corrected chi connectivity index (χ3v) is 3.60. The SMILES string of the molecule is Cc1c(N)cccc1CN1CCn2cnnc2C1. The van der Waals surface area contributed by atoms with Crippen molar-refractivity contribution in [1.82, 2.24) is 19.7 Å². The topological polar surface area (TPSA) is 60.0 Å². The van der Waals surface area contributed by atoms with E-state index < -0.39 is 0 Å². The standard InChI is InChI=1S/C13H17N5/c1-10-11(3-2-4-12(10)14)7-17-5-6-18-9-15-16-13(18)8-17/h2-4,9H,5-8,14H2,1H3. The molecule has 1 aromatic carbocycles. The molecule has 1 aliphatic heterocycles. The largest absolute Gasteiger partial charge is 0.399 e. The number of nitrogens with zero attached hydrogens (tertiary/aromatic N) is 4. The molecule has 94 valence electrons. The lowest BCUT2D eigenvalue weighted by atomic mass is 10.1. The Bertz CT molecular complexity index is 560. The molecular weight excluding hydrogens is 226 g/mol. The van der Waals surface area contributed by atoms with Gasteiger partial charge in [0.1, 0.15) is 12.2 Å². The van der Waals surface area contributed by atoms with Crippen LogP contribution in [0.3, 0.4) is 0 Å². The first-order valence-corrected chi connectivity index (χ1v) is 6.17. The Morgan fingerprint density at radius 2 is 2.22 bits per heavy atom. The van der Waals surface area contributed by atoms with Gasteiger partial charge >= 0.3 is 0 Å². The third kappa shape index (κ3) is 1.97. The van der Waals surface area contributed by atoms with E-state index >= 15 is 0 Å². The fourth-order valence-corrected chi connectivity index (χ4v) is 2.37. The van der Waals surface area contributed by atoms with Gasteiger partial charge in [-0.25, -0.2) is 0 Å². The van der Waals surface area contributed by atoms with Gasteiger partial charge < -0.3 is 10.3 Å². The summed E-state index contributed by atoms with van der Waals surface area (Å²) in [5, 5.41) is 8.08. The normalized spacial score (nSPS) is 15.6. The maximum Gasteiger partial charge on any atom is 0.147 e. The number of hydrogen-bond acceptors (Lipinski definition) is 4. The highest BCUT2D eigenvalue weighted by Gasteiger charge is 2.18. The minimum atomic E-state index is 0.855. The van der Waals surface area contributed by atoms with Crippen molar-refractivity contribution in [3.8, 4) is 0 Å². The highest BCUT2D eigenvalue weighted by atomic mass is 15.3. The summed E-state index contributed by atoms with van der Waals surface area (Å²) in [6.45, 7) is 5.85. The van der Waals surface area contributed by atoms with Crippen molar-refractivity contribution < 1.29 is 0 Å². The van der Waals surface area contributed by atoms with Crippen LogP contribution in [0.4, 0.5) is 5.69 Å². The van der Waals surface area contributed by atoms with Crippen LogP contribution in [0.15, 0.2) is 24.5 Å². The molecule has 5 heteroatoms. The van der Waals surface area contributed by atoms with E-state index in [1.54, 1.807) is 6.33 Å². The Morgan fingerprint density at radius 1 is 1.33 bits per heavy atom. The first-order chi connectivity index (χ1) is 8.74. The average molecular weight is 243 g/mol. The van der Waals surface area contributed by atoms with E-state index in [0.29, 0.717) is 0 Å². The fraction of sp³-hybridized carbons (Fsp3) is 0.385. The number of anilines is 1. The molecule has 0 saturated heterocycles. The van der Waals surface area contributed by atoms with E-state index in [-0.39, 0.29) is 0 Å². The van der Waals surface area contributed by atoms with Crippen molar-refractivity contribution in [1.29, 1.82) is 0 Å². The lowest BCUT2D eigenvalue weighted by molar-refractivity contribution is 0.208. The summed E-state index contributed by atoms with van der Waals surface area (Å²) in [4.78, 5) is 2.38. The van der Waals surface area contributed by atoms with Crippen LogP contribution >= 0.6 is 0 Å². The van der Waals surface area contributed by atoms with Gasteiger partial charge in [0.2, 0.25) is 0 Å². The molecule has 3 rings (SSSR count). The predicted octanol–water partition coefficient (Wildman–Crippen LogP) is 1.18. The van der Waals surface area contributed by atoms with Crippen molar-refractivity contribution in [2.75, 3.05) is 12.3 Å². The highest BCUT2D eigenvalue weighted by molar-refractivity contribution is 5.49. The van der Waals surface area contributed by atoms with E-state index in [1.165, 1.54) is 11.1 Å². The maximum absolute atomic E-state index is 5.94. The first-order valence-electron chi connectivity index (χ1n) is 6.17. The summed E-state index contributed by atoms with van der Waals surface area (Å²) in [6.07, 6.45) is 1.80. The molecule has 1 aromatic heterocycles. The number of rotatable bonds is 2. The Balaban J connectivity index is 1.77. The van der Waals surface area contributed by atoms with E-state index in [1.807, 2.05) is 12.1 Å². The van der Waals surface area contributed by atoms with E-state index in [0.717, 1.165) is 37.7 Å². The van der Waals surface area contributed by atoms with Gasteiger partial charge in [-0.3, -0.25) is 4.90 Å². The minimum Gasteiger partial charge on any atom is -0.399 e. The van der Waals surface area contributed by atoms with Gasteiger partial charge in [-0.15, -0.1) is 10.2 Å². The molecule has 0 radical (unpaired) electrons. The maximum atomic E-state index is 5.94. The molecule has 2 heterocycles. The summed E-state index contributed by atoms with van der Waals surface area (Å²) < 4.78 is 2.11. The molecule has 0 fully saturated rings. The van der Waals surface area contributed by atoms with Gasteiger partial charge in [0.25, 0.3) is 0 Å². The van der Waals surface area contributed by atoms with Gasteiger partial charge in [0.15, 0.2) is 0 Å². The zero-order chi connectivity index (χ0) is 12.5. The van der Waals surface area contributed by atoms with Crippen molar-refractivity contribution in [2.24, 2.45) is 0 Å². The molecule has 2 N–H and O–H groups in total. The molecular formula is C13H17N5. The Labute approximate surface area is 106 Å².